The third-order valence-electron chi connectivity index (χ3n) is 4.11. The van der Waals surface area contributed by atoms with Crippen LogP contribution in [0.25, 0.3) is 10.8 Å². The van der Waals surface area contributed by atoms with E-state index in [9.17, 15) is 23.2 Å². The molecule has 0 unspecified atom stereocenters. The number of likely N-dealkylation sites (tertiary alicyclic amines) is 1. The van der Waals surface area contributed by atoms with Gasteiger partial charge in [-0.2, -0.15) is 5.26 Å². The molecule has 1 N–H and O–H groups in total. The minimum absolute atomic E-state index is 0.0385. The molecule has 1 aromatic heterocycles. The Bertz CT molecular complexity index is 980. The summed E-state index contributed by atoms with van der Waals surface area (Å²) in [5.74, 6) is -4.61. The van der Waals surface area contributed by atoms with E-state index < -0.39 is 48.9 Å². The maximum Gasteiger partial charge on any atom is 0.343 e. The highest BCUT2D eigenvalue weighted by Crippen LogP contribution is 2.31. The number of carbonyl (C=O) groups excluding carboxylic acids is 2. The molecule has 0 saturated carbocycles. The first-order valence-electron chi connectivity index (χ1n) is 7.68. The number of nitriles is 1. The zero-order valence-corrected chi connectivity index (χ0v) is 13.4. The third kappa shape index (κ3) is 3.26. The summed E-state index contributed by atoms with van der Waals surface area (Å²) in [7, 11) is 0. The number of alkyl halides is 2. The van der Waals surface area contributed by atoms with Crippen molar-refractivity contribution in [3.8, 4) is 6.07 Å². The van der Waals surface area contributed by atoms with Crippen molar-refractivity contribution in [2.45, 2.75) is 18.4 Å². The molecule has 1 fully saturated rings. The average molecular weight is 361 g/mol. The van der Waals surface area contributed by atoms with E-state index >= 15 is 0 Å². The van der Waals surface area contributed by atoms with Crippen molar-refractivity contribution in [2.24, 2.45) is 0 Å². The van der Waals surface area contributed by atoms with Gasteiger partial charge in [0.2, 0.25) is 5.91 Å². The Hall–Kier alpha value is -3.28. The van der Waals surface area contributed by atoms with Crippen LogP contribution in [0.4, 0.5) is 8.78 Å². The van der Waals surface area contributed by atoms with Crippen molar-refractivity contribution >= 4 is 22.6 Å². The molecule has 0 bridgehead atoms. The van der Waals surface area contributed by atoms with Gasteiger partial charge < -0.3 is 14.6 Å². The smallest absolute Gasteiger partial charge is 0.343 e. The van der Waals surface area contributed by atoms with Gasteiger partial charge in [0.25, 0.3) is 11.8 Å². The summed E-state index contributed by atoms with van der Waals surface area (Å²) in [6.45, 7) is -1.41. The number of nitrogens with one attached hydrogen (secondary N) is 1. The van der Waals surface area contributed by atoms with Gasteiger partial charge >= 0.3 is 5.63 Å². The molecule has 26 heavy (non-hydrogen) atoms. The number of halogens is 2. The van der Waals surface area contributed by atoms with Crippen LogP contribution in [0, 0.1) is 11.3 Å². The molecule has 2 aromatic rings. The summed E-state index contributed by atoms with van der Waals surface area (Å²) in [5, 5.41) is 11.8. The second-order valence-electron chi connectivity index (χ2n) is 5.89. The Balaban J connectivity index is 1.74. The van der Waals surface area contributed by atoms with E-state index in [2.05, 4.69) is 5.32 Å². The zero-order chi connectivity index (χ0) is 18.9. The average Bonchev–Trinajstić information content (AvgIpc) is 2.95. The highest BCUT2D eigenvalue weighted by molar-refractivity contribution is 6.07. The number of amides is 2. The molecule has 134 valence electrons. The Morgan fingerprint density at radius 2 is 2.04 bits per heavy atom. The van der Waals surface area contributed by atoms with E-state index in [0.717, 1.165) is 11.2 Å². The van der Waals surface area contributed by atoms with Gasteiger partial charge in [-0.05, 0) is 6.07 Å². The monoisotopic (exact) mass is 361 g/mol. The molecule has 3 rings (SSSR count). The standard InChI is InChI=1S/C17H13F2N3O4/c18-17(19)5-10(6-20)22(9-17)14(23)7-21-15(24)13-8-26-16(25)12-4-2-1-3-11(12)13/h1-4,8,10H,5,7,9H2,(H,21,24)/t10-/m0/s1. The zero-order valence-electron chi connectivity index (χ0n) is 13.4. The topological polar surface area (TPSA) is 103 Å². The van der Waals surface area contributed by atoms with Crippen LogP contribution in [-0.4, -0.2) is 41.8 Å². The lowest BCUT2D eigenvalue weighted by molar-refractivity contribution is -0.131. The lowest BCUT2D eigenvalue weighted by Crippen LogP contribution is -2.43. The van der Waals surface area contributed by atoms with Gasteiger partial charge in [-0.25, -0.2) is 13.6 Å². The number of rotatable bonds is 3. The van der Waals surface area contributed by atoms with Crippen LogP contribution in [0.2, 0.25) is 0 Å². The molecular weight excluding hydrogens is 348 g/mol. The Labute approximate surface area is 145 Å². The van der Waals surface area contributed by atoms with Crippen molar-refractivity contribution in [3.63, 3.8) is 0 Å². The number of carbonyl (C=O) groups is 2. The number of nitrogens with zero attached hydrogens (tertiary/aromatic N) is 2. The molecule has 1 aromatic carbocycles. The summed E-state index contributed by atoms with van der Waals surface area (Å²) in [5.41, 5.74) is -0.569. The molecule has 2 amide bonds. The predicted molar refractivity (Wildman–Crippen MR) is 85.5 cm³/mol. The number of hydrogen-bond acceptors (Lipinski definition) is 5. The van der Waals surface area contributed by atoms with Crippen LogP contribution in [0.5, 0.6) is 0 Å². The highest BCUT2D eigenvalue weighted by atomic mass is 19.3. The van der Waals surface area contributed by atoms with Crippen molar-refractivity contribution < 1.29 is 22.8 Å². The maximum absolute atomic E-state index is 13.4. The lowest BCUT2D eigenvalue weighted by atomic mass is 10.1. The molecular formula is C17H13F2N3O4. The maximum atomic E-state index is 13.4. The number of fused-ring (bicyclic) bond motifs is 1. The largest absolute Gasteiger partial charge is 0.430 e. The van der Waals surface area contributed by atoms with Gasteiger partial charge in [-0.3, -0.25) is 9.59 Å². The third-order valence-corrected chi connectivity index (χ3v) is 4.11. The summed E-state index contributed by atoms with van der Waals surface area (Å²) >= 11 is 0. The summed E-state index contributed by atoms with van der Waals surface area (Å²) in [6, 6.07) is 6.72. The molecule has 2 heterocycles. The van der Waals surface area contributed by atoms with Crippen molar-refractivity contribution in [3.05, 3.63) is 46.5 Å². The molecule has 1 aliphatic heterocycles. The van der Waals surface area contributed by atoms with Crippen LogP contribution in [0.1, 0.15) is 16.8 Å². The fourth-order valence-corrected chi connectivity index (χ4v) is 2.86. The molecule has 1 atom stereocenters. The molecule has 1 saturated heterocycles. The molecule has 0 spiro atoms. The molecule has 7 nitrogen and oxygen atoms in total. The van der Waals surface area contributed by atoms with E-state index in [0.29, 0.717) is 5.39 Å². The Morgan fingerprint density at radius 3 is 2.73 bits per heavy atom. The quantitative estimate of drug-likeness (QED) is 0.887. The Morgan fingerprint density at radius 1 is 1.35 bits per heavy atom. The molecule has 9 heteroatoms. The second kappa shape index (κ2) is 6.55. The van der Waals surface area contributed by atoms with Crippen LogP contribution < -0.4 is 10.9 Å². The van der Waals surface area contributed by atoms with Gasteiger partial charge in [-0.15, -0.1) is 0 Å². The van der Waals surface area contributed by atoms with Gasteiger partial charge in [0.15, 0.2) is 0 Å². The van der Waals surface area contributed by atoms with Crippen LogP contribution in [0.15, 0.2) is 39.7 Å². The second-order valence-corrected chi connectivity index (χ2v) is 5.89. The highest BCUT2D eigenvalue weighted by Gasteiger charge is 2.47. The normalized spacial score (nSPS) is 18.5. The van der Waals surface area contributed by atoms with Crippen LogP contribution in [-0.2, 0) is 4.79 Å². The van der Waals surface area contributed by atoms with E-state index in [1.165, 1.54) is 6.07 Å². The van der Waals surface area contributed by atoms with E-state index in [4.69, 9.17) is 9.68 Å². The van der Waals surface area contributed by atoms with E-state index in [1.54, 1.807) is 24.3 Å². The summed E-state index contributed by atoms with van der Waals surface area (Å²) < 4.78 is 31.6. The first-order chi connectivity index (χ1) is 12.3. The Kier molecular flexibility index (Phi) is 4.42. The van der Waals surface area contributed by atoms with Crippen molar-refractivity contribution in [1.82, 2.24) is 10.2 Å². The predicted octanol–water partition coefficient (Wildman–Crippen LogP) is 1.28. The fraction of sp³-hybridized carbons (Fsp3) is 0.294. The van der Waals surface area contributed by atoms with Gasteiger partial charge in [-0.1, -0.05) is 18.2 Å². The minimum Gasteiger partial charge on any atom is -0.430 e. The fourth-order valence-electron chi connectivity index (χ4n) is 2.86. The summed E-state index contributed by atoms with van der Waals surface area (Å²) in [6.07, 6.45) is 0.254. The first-order valence-corrected chi connectivity index (χ1v) is 7.68. The SMILES string of the molecule is N#C[C@@H]1CC(F)(F)CN1C(=O)CNC(=O)c1coc(=O)c2ccccc12. The van der Waals surface area contributed by atoms with E-state index in [1.807, 2.05) is 0 Å². The van der Waals surface area contributed by atoms with E-state index in [-0.39, 0.29) is 10.9 Å². The van der Waals surface area contributed by atoms with Crippen LogP contribution in [0.3, 0.4) is 0 Å². The van der Waals surface area contributed by atoms with Crippen molar-refractivity contribution in [2.75, 3.05) is 13.1 Å². The molecule has 1 aliphatic rings. The summed E-state index contributed by atoms with van der Waals surface area (Å²) in [4.78, 5) is 36.8. The van der Waals surface area contributed by atoms with Crippen LogP contribution >= 0.6 is 0 Å². The van der Waals surface area contributed by atoms with Crippen molar-refractivity contribution in [1.29, 1.82) is 5.26 Å². The van der Waals surface area contributed by atoms with Gasteiger partial charge in [0, 0.05) is 11.8 Å². The molecule has 0 aliphatic carbocycles. The van der Waals surface area contributed by atoms with Gasteiger partial charge in [0.1, 0.15) is 12.3 Å². The minimum atomic E-state index is -3.13. The number of benzene rings is 1. The first kappa shape index (κ1) is 17.5. The molecule has 0 radical (unpaired) electrons. The lowest BCUT2D eigenvalue weighted by Gasteiger charge is -2.19. The number of hydrogen-bond donors (Lipinski definition) is 1. The van der Waals surface area contributed by atoms with Gasteiger partial charge in [0.05, 0.1) is 30.1 Å².